The average molecular weight is 281 g/mol. The van der Waals surface area contributed by atoms with Crippen LogP contribution in [0.2, 0.25) is 0 Å². The van der Waals surface area contributed by atoms with Crippen LogP contribution in [0.4, 0.5) is 0 Å². The standard InChI is InChI=1S/C17H35N3/c1-5-6-9-20-10-7-16(8-11-20)18-17-12-15(3)19(4)13-14(17)2/h14-18H,5-13H2,1-4H3. The summed E-state index contributed by atoms with van der Waals surface area (Å²) in [7, 11) is 2.27. The Bertz CT molecular complexity index is 273. The van der Waals surface area contributed by atoms with E-state index in [2.05, 4.69) is 42.9 Å². The molecule has 2 heterocycles. The van der Waals surface area contributed by atoms with Crippen molar-refractivity contribution in [3.63, 3.8) is 0 Å². The first-order valence-corrected chi connectivity index (χ1v) is 8.78. The van der Waals surface area contributed by atoms with Crippen molar-refractivity contribution in [2.45, 2.75) is 71.0 Å². The number of nitrogens with one attached hydrogen (secondary N) is 1. The fourth-order valence-corrected chi connectivity index (χ4v) is 3.78. The largest absolute Gasteiger partial charge is 0.311 e. The molecule has 0 spiro atoms. The Balaban J connectivity index is 1.72. The number of piperidine rings is 2. The van der Waals surface area contributed by atoms with Crippen molar-refractivity contribution in [1.82, 2.24) is 15.1 Å². The van der Waals surface area contributed by atoms with Gasteiger partial charge in [0.15, 0.2) is 0 Å². The molecule has 2 aliphatic heterocycles. The molecule has 0 amide bonds. The van der Waals surface area contributed by atoms with Gasteiger partial charge in [0.25, 0.3) is 0 Å². The Kier molecular flexibility index (Phi) is 6.31. The van der Waals surface area contributed by atoms with E-state index in [0.29, 0.717) is 0 Å². The number of rotatable bonds is 5. The number of hydrogen-bond donors (Lipinski definition) is 1. The van der Waals surface area contributed by atoms with Gasteiger partial charge in [-0.1, -0.05) is 20.3 Å². The maximum Gasteiger partial charge on any atom is 0.0122 e. The van der Waals surface area contributed by atoms with E-state index in [4.69, 9.17) is 0 Å². The molecule has 0 aromatic carbocycles. The molecule has 20 heavy (non-hydrogen) atoms. The van der Waals surface area contributed by atoms with Crippen molar-refractivity contribution < 1.29 is 0 Å². The van der Waals surface area contributed by atoms with Crippen LogP contribution in [0, 0.1) is 5.92 Å². The van der Waals surface area contributed by atoms with Gasteiger partial charge in [-0.25, -0.2) is 0 Å². The average Bonchev–Trinajstić information content (AvgIpc) is 2.44. The van der Waals surface area contributed by atoms with Crippen LogP contribution >= 0.6 is 0 Å². The molecule has 2 saturated heterocycles. The third-order valence-electron chi connectivity index (χ3n) is 5.48. The van der Waals surface area contributed by atoms with E-state index in [0.717, 1.165) is 24.0 Å². The van der Waals surface area contributed by atoms with Gasteiger partial charge in [0.2, 0.25) is 0 Å². The van der Waals surface area contributed by atoms with Gasteiger partial charge in [0.1, 0.15) is 0 Å². The molecule has 1 N–H and O–H groups in total. The highest BCUT2D eigenvalue weighted by atomic mass is 15.2. The number of nitrogens with zero attached hydrogens (tertiary/aromatic N) is 2. The summed E-state index contributed by atoms with van der Waals surface area (Å²) in [6.45, 7) is 12.2. The van der Waals surface area contributed by atoms with Crippen LogP contribution in [-0.2, 0) is 0 Å². The summed E-state index contributed by atoms with van der Waals surface area (Å²) in [5.41, 5.74) is 0. The van der Waals surface area contributed by atoms with Crippen molar-refractivity contribution in [2.75, 3.05) is 33.2 Å². The Labute approximate surface area is 126 Å². The first-order chi connectivity index (χ1) is 9.60. The second-order valence-electron chi connectivity index (χ2n) is 7.24. The molecule has 3 nitrogen and oxygen atoms in total. The predicted octanol–water partition coefficient (Wildman–Crippen LogP) is 2.57. The summed E-state index contributed by atoms with van der Waals surface area (Å²) in [6.07, 6.45) is 6.69. The Morgan fingerprint density at radius 1 is 1.15 bits per heavy atom. The highest BCUT2D eigenvalue weighted by Gasteiger charge is 2.31. The number of likely N-dealkylation sites (tertiary alicyclic amines) is 2. The second-order valence-corrected chi connectivity index (χ2v) is 7.24. The molecule has 0 bridgehead atoms. The van der Waals surface area contributed by atoms with E-state index < -0.39 is 0 Å². The monoisotopic (exact) mass is 281 g/mol. The molecule has 0 radical (unpaired) electrons. The van der Waals surface area contributed by atoms with Crippen LogP contribution in [-0.4, -0.2) is 61.2 Å². The summed E-state index contributed by atoms with van der Waals surface area (Å²) < 4.78 is 0. The molecule has 2 aliphatic rings. The summed E-state index contributed by atoms with van der Waals surface area (Å²) in [6, 6.07) is 2.22. The Morgan fingerprint density at radius 3 is 2.50 bits per heavy atom. The summed E-state index contributed by atoms with van der Waals surface area (Å²) in [4.78, 5) is 5.17. The van der Waals surface area contributed by atoms with E-state index in [1.165, 1.54) is 58.3 Å². The van der Waals surface area contributed by atoms with Crippen LogP contribution < -0.4 is 5.32 Å². The van der Waals surface area contributed by atoms with Gasteiger partial charge in [-0.3, -0.25) is 0 Å². The van der Waals surface area contributed by atoms with E-state index in [1.54, 1.807) is 0 Å². The molecule has 3 unspecified atom stereocenters. The van der Waals surface area contributed by atoms with E-state index in [-0.39, 0.29) is 0 Å². The first-order valence-electron chi connectivity index (χ1n) is 8.78. The molecule has 0 saturated carbocycles. The lowest BCUT2D eigenvalue weighted by Crippen LogP contribution is -2.55. The van der Waals surface area contributed by atoms with Gasteiger partial charge < -0.3 is 15.1 Å². The maximum atomic E-state index is 3.98. The Hall–Kier alpha value is -0.120. The van der Waals surface area contributed by atoms with Crippen molar-refractivity contribution in [1.29, 1.82) is 0 Å². The van der Waals surface area contributed by atoms with Gasteiger partial charge in [0, 0.05) is 24.7 Å². The minimum absolute atomic E-state index is 0.730. The van der Waals surface area contributed by atoms with Gasteiger partial charge >= 0.3 is 0 Å². The van der Waals surface area contributed by atoms with Crippen LogP contribution in [0.3, 0.4) is 0 Å². The van der Waals surface area contributed by atoms with E-state index >= 15 is 0 Å². The summed E-state index contributed by atoms with van der Waals surface area (Å²) >= 11 is 0. The zero-order chi connectivity index (χ0) is 14.5. The van der Waals surface area contributed by atoms with Crippen LogP contribution in [0.15, 0.2) is 0 Å². The zero-order valence-electron chi connectivity index (χ0n) is 14.1. The topological polar surface area (TPSA) is 18.5 Å². The molecule has 0 aliphatic carbocycles. The summed E-state index contributed by atoms with van der Waals surface area (Å²) in [5.74, 6) is 0.786. The highest BCUT2D eigenvalue weighted by molar-refractivity contribution is 4.89. The lowest BCUT2D eigenvalue weighted by Gasteiger charge is -2.43. The van der Waals surface area contributed by atoms with Crippen molar-refractivity contribution in [3.8, 4) is 0 Å². The normalized spacial score (nSPS) is 34.5. The molecule has 2 rings (SSSR count). The molecule has 118 valence electrons. The van der Waals surface area contributed by atoms with Crippen LogP contribution in [0.5, 0.6) is 0 Å². The van der Waals surface area contributed by atoms with Gasteiger partial charge in [-0.2, -0.15) is 0 Å². The third-order valence-corrected chi connectivity index (χ3v) is 5.48. The maximum absolute atomic E-state index is 3.98. The van der Waals surface area contributed by atoms with Gasteiger partial charge in [-0.15, -0.1) is 0 Å². The second kappa shape index (κ2) is 7.77. The minimum atomic E-state index is 0.730. The summed E-state index contributed by atoms with van der Waals surface area (Å²) in [5, 5.41) is 3.98. The molecule has 3 heteroatoms. The van der Waals surface area contributed by atoms with E-state index in [9.17, 15) is 0 Å². The quantitative estimate of drug-likeness (QED) is 0.835. The van der Waals surface area contributed by atoms with Gasteiger partial charge in [-0.05, 0) is 65.2 Å². The smallest absolute Gasteiger partial charge is 0.0122 e. The highest BCUT2D eigenvalue weighted by Crippen LogP contribution is 2.22. The van der Waals surface area contributed by atoms with Crippen LogP contribution in [0.1, 0.15) is 52.9 Å². The first kappa shape index (κ1) is 16.3. The molecule has 3 atom stereocenters. The molecular weight excluding hydrogens is 246 g/mol. The third kappa shape index (κ3) is 4.44. The molecule has 0 aromatic heterocycles. The zero-order valence-corrected chi connectivity index (χ0v) is 14.1. The van der Waals surface area contributed by atoms with Crippen molar-refractivity contribution in [2.24, 2.45) is 5.92 Å². The lowest BCUT2D eigenvalue weighted by molar-refractivity contribution is 0.103. The van der Waals surface area contributed by atoms with Crippen LogP contribution in [0.25, 0.3) is 0 Å². The number of unbranched alkanes of at least 4 members (excludes halogenated alkanes) is 1. The fourth-order valence-electron chi connectivity index (χ4n) is 3.78. The minimum Gasteiger partial charge on any atom is -0.311 e. The molecular formula is C17H35N3. The lowest BCUT2D eigenvalue weighted by atomic mass is 9.88. The number of hydrogen-bond acceptors (Lipinski definition) is 3. The van der Waals surface area contributed by atoms with E-state index in [1.807, 2.05) is 0 Å². The van der Waals surface area contributed by atoms with Crippen molar-refractivity contribution >= 4 is 0 Å². The molecule has 2 fully saturated rings. The van der Waals surface area contributed by atoms with Crippen molar-refractivity contribution in [3.05, 3.63) is 0 Å². The molecule has 0 aromatic rings. The Morgan fingerprint density at radius 2 is 1.85 bits per heavy atom. The fraction of sp³-hybridized carbons (Fsp3) is 1.00. The SMILES string of the molecule is CCCCN1CCC(NC2CC(C)N(C)CC2C)CC1. The van der Waals surface area contributed by atoms with Gasteiger partial charge in [0.05, 0.1) is 0 Å². The predicted molar refractivity (Wildman–Crippen MR) is 87.2 cm³/mol.